The number of amides is 1. The Bertz CT molecular complexity index is 399. The largest absolute Gasteiger partial charge is 0.444 e. The van der Waals surface area contributed by atoms with E-state index in [9.17, 15) is 4.79 Å². The Morgan fingerprint density at radius 1 is 1.04 bits per heavy atom. The van der Waals surface area contributed by atoms with Crippen molar-refractivity contribution in [3.8, 4) is 0 Å². The number of hydrogen-bond donors (Lipinski definition) is 1. The van der Waals surface area contributed by atoms with E-state index < -0.39 is 5.60 Å². The van der Waals surface area contributed by atoms with Gasteiger partial charge in [-0.05, 0) is 65.7 Å². The third kappa shape index (κ3) is 4.38. The zero-order valence-electron chi connectivity index (χ0n) is 14.8. The van der Waals surface area contributed by atoms with E-state index in [1.807, 2.05) is 25.7 Å². The first-order valence-electron chi connectivity index (χ1n) is 9.27. The second kappa shape index (κ2) is 6.98. The van der Waals surface area contributed by atoms with Gasteiger partial charge in [0, 0.05) is 37.4 Å². The molecule has 0 saturated carbocycles. The predicted molar refractivity (Wildman–Crippen MR) is 89.5 cm³/mol. The first kappa shape index (κ1) is 17.0. The molecular formula is C18H32N2O3. The van der Waals surface area contributed by atoms with Crippen molar-refractivity contribution in [1.82, 2.24) is 10.2 Å². The Balaban J connectivity index is 1.55. The summed E-state index contributed by atoms with van der Waals surface area (Å²) in [5.41, 5.74) is -0.411. The third-order valence-corrected chi connectivity index (χ3v) is 5.26. The Hall–Kier alpha value is -0.810. The maximum absolute atomic E-state index is 12.5. The van der Waals surface area contributed by atoms with Gasteiger partial charge in [-0.2, -0.15) is 0 Å². The van der Waals surface area contributed by atoms with E-state index in [-0.39, 0.29) is 6.09 Å². The minimum absolute atomic E-state index is 0.119. The van der Waals surface area contributed by atoms with Crippen LogP contribution in [-0.2, 0) is 9.47 Å². The molecule has 3 saturated heterocycles. The lowest BCUT2D eigenvalue weighted by molar-refractivity contribution is 0.00419. The quantitative estimate of drug-likeness (QED) is 0.848. The molecule has 0 aromatic heterocycles. The van der Waals surface area contributed by atoms with Crippen molar-refractivity contribution in [3.05, 3.63) is 0 Å². The first-order chi connectivity index (χ1) is 10.9. The summed E-state index contributed by atoms with van der Waals surface area (Å²) in [6.07, 6.45) is 7.72. The average Bonchev–Trinajstić information content (AvgIpc) is 2.65. The number of nitrogens with one attached hydrogen (secondary N) is 1. The van der Waals surface area contributed by atoms with Gasteiger partial charge < -0.3 is 19.7 Å². The van der Waals surface area contributed by atoms with E-state index >= 15 is 0 Å². The lowest BCUT2D eigenvalue weighted by atomic mass is 9.96. The summed E-state index contributed by atoms with van der Waals surface area (Å²) >= 11 is 0. The predicted octanol–water partition coefficient (Wildman–Crippen LogP) is 3.08. The minimum atomic E-state index is -0.411. The van der Waals surface area contributed by atoms with Gasteiger partial charge in [-0.1, -0.05) is 0 Å². The van der Waals surface area contributed by atoms with Crippen LogP contribution in [0.4, 0.5) is 4.79 Å². The Morgan fingerprint density at radius 3 is 2.39 bits per heavy atom. The topological polar surface area (TPSA) is 50.8 Å². The highest BCUT2D eigenvalue weighted by molar-refractivity contribution is 5.69. The Labute approximate surface area is 140 Å². The number of carbonyl (C=O) groups is 1. The molecule has 1 amide bonds. The maximum atomic E-state index is 12.5. The molecule has 3 rings (SSSR count). The van der Waals surface area contributed by atoms with E-state index in [4.69, 9.17) is 9.47 Å². The summed E-state index contributed by atoms with van der Waals surface area (Å²) in [5.74, 6) is 0. The van der Waals surface area contributed by atoms with Crippen molar-refractivity contribution in [2.24, 2.45) is 0 Å². The van der Waals surface area contributed by atoms with Crippen molar-refractivity contribution < 1.29 is 14.3 Å². The molecule has 23 heavy (non-hydrogen) atoms. The zero-order chi connectivity index (χ0) is 16.4. The number of ether oxygens (including phenoxy) is 2. The van der Waals surface area contributed by atoms with Gasteiger partial charge in [0.1, 0.15) is 5.60 Å². The molecule has 3 unspecified atom stereocenters. The summed E-state index contributed by atoms with van der Waals surface area (Å²) < 4.78 is 11.2. The summed E-state index contributed by atoms with van der Waals surface area (Å²) in [6.45, 7) is 7.60. The number of nitrogens with zero attached hydrogens (tertiary/aromatic N) is 1. The Kier molecular flexibility index (Phi) is 5.16. The molecule has 0 aliphatic carbocycles. The fraction of sp³-hybridized carbons (Fsp3) is 0.944. The SMILES string of the molecule is CC(C)(C)OC(=O)N1C2CCC1CC(NC1CCCOCC1)C2. The fourth-order valence-corrected chi connectivity index (χ4v) is 4.33. The highest BCUT2D eigenvalue weighted by Crippen LogP contribution is 2.37. The van der Waals surface area contributed by atoms with Gasteiger partial charge in [-0.15, -0.1) is 0 Å². The van der Waals surface area contributed by atoms with Gasteiger partial charge in [0.25, 0.3) is 0 Å². The van der Waals surface area contributed by atoms with E-state index in [0.717, 1.165) is 51.7 Å². The van der Waals surface area contributed by atoms with Crippen LogP contribution in [0.25, 0.3) is 0 Å². The highest BCUT2D eigenvalue weighted by Gasteiger charge is 2.45. The molecule has 5 heteroatoms. The molecule has 2 bridgehead atoms. The highest BCUT2D eigenvalue weighted by atomic mass is 16.6. The second-order valence-corrected chi connectivity index (χ2v) is 8.35. The zero-order valence-corrected chi connectivity index (χ0v) is 14.8. The van der Waals surface area contributed by atoms with Crippen LogP contribution < -0.4 is 5.32 Å². The smallest absolute Gasteiger partial charge is 0.410 e. The number of piperidine rings is 1. The van der Waals surface area contributed by atoms with Crippen LogP contribution in [0.1, 0.15) is 65.7 Å². The fourth-order valence-electron chi connectivity index (χ4n) is 4.33. The van der Waals surface area contributed by atoms with Crippen molar-refractivity contribution in [2.75, 3.05) is 13.2 Å². The molecule has 1 N–H and O–H groups in total. The van der Waals surface area contributed by atoms with Crippen LogP contribution in [0, 0.1) is 0 Å². The number of carbonyl (C=O) groups excluding carboxylic acids is 1. The first-order valence-corrected chi connectivity index (χ1v) is 9.27. The number of hydrogen-bond acceptors (Lipinski definition) is 4. The van der Waals surface area contributed by atoms with E-state index in [0.29, 0.717) is 24.2 Å². The molecule has 0 radical (unpaired) electrons. The molecule has 0 aromatic rings. The van der Waals surface area contributed by atoms with Gasteiger partial charge in [-0.3, -0.25) is 0 Å². The molecule has 3 atom stereocenters. The average molecular weight is 324 g/mol. The summed E-state index contributed by atoms with van der Waals surface area (Å²) in [6, 6.07) is 1.82. The van der Waals surface area contributed by atoms with Crippen LogP contribution in [0.5, 0.6) is 0 Å². The third-order valence-electron chi connectivity index (χ3n) is 5.26. The van der Waals surface area contributed by atoms with Crippen LogP contribution in [-0.4, -0.2) is 54.0 Å². The van der Waals surface area contributed by atoms with Crippen molar-refractivity contribution in [2.45, 2.75) is 95.5 Å². The Morgan fingerprint density at radius 2 is 1.74 bits per heavy atom. The van der Waals surface area contributed by atoms with E-state index in [2.05, 4.69) is 5.32 Å². The summed E-state index contributed by atoms with van der Waals surface area (Å²) in [4.78, 5) is 14.5. The minimum Gasteiger partial charge on any atom is -0.444 e. The standard InChI is InChI=1S/C18H32N2O3/c1-18(2,3)23-17(21)20-15-6-7-16(20)12-14(11-15)19-13-5-4-9-22-10-8-13/h13-16,19H,4-12H2,1-3H3. The molecule has 3 heterocycles. The lowest BCUT2D eigenvalue weighted by Gasteiger charge is -2.40. The maximum Gasteiger partial charge on any atom is 0.410 e. The molecular weight excluding hydrogens is 292 g/mol. The van der Waals surface area contributed by atoms with Gasteiger partial charge in [0.05, 0.1) is 0 Å². The second-order valence-electron chi connectivity index (χ2n) is 8.35. The van der Waals surface area contributed by atoms with Crippen LogP contribution in [0.15, 0.2) is 0 Å². The molecule has 132 valence electrons. The molecule has 3 aliphatic rings. The summed E-state index contributed by atoms with van der Waals surface area (Å²) in [5, 5.41) is 3.85. The van der Waals surface area contributed by atoms with Crippen LogP contribution in [0.3, 0.4) is 0 Å². The van der Waals surface area contributed by atoms with E-state index in [1.54, 1.807) is 0 Å². The van der Waals surface area contributed by atoms with Crippen molar-refractivity contribution in [1.29, 1.82) is 0 Å². The van der Waals surface area contributed by atoms with Gasteiger partial charge in [0.2, 0.25) is 0 Å². The molecule has 5 nitrogen and oxygen atoms in total. The molecule has 3 fully saturated rings. The van der Waals surface area contributed by atoms with E-state index in [1.165, 1.54) is 6.42 Å². The number of rotatable bonds is 2. The molecule has 0 aromatic carbocycles. The summed E-state index contributed by atoms with van der Waals surface area (Å²) in [7, 11) is 0. The van der Waals surface area contributed by atoms with Crippen molar-refractivity contribution in [3.63, 3.8) is 0 Å². The van der Waals surface area contributed by atoms with Crippen molar-refractivity contribution >= 4 is 6.09 Å². The van der Waals surface area contributed by atoms with Crippen LogP contribution in [0.2, 0.25) is 0 Å². The normalized spacial score (nSPS) is 35.0. The van der Waals surface area contributed by atoms with Gasteiger partial charge in [-0.25, -0.2) is 4.79 Å². The number of fused-ring (bicyclic) bond motifs is 2. The molecule has 3 aliphatic heterocycles. The van der Waals surface area contributed by atoms with Crippen LogP contribution >= 0.6 is 0 Å². The monoisotopic (exact) mass is 324 g/mol. The van der Waals surface area contributed by atoms with Gasteiger partial charge in [0.15, 0.2) is 0 Å². The van der Waals surface area contributed by atoms with Gasteiger partial charge >= 0.3 is 6.09 Å². The molecule has 0 spiro atoms. The lowest BCUT2D eigenvalue weighted by Crippen LogP contribution is -2.54.